The van der Waals surface area contributed by atoms with Crippen molar-refractivity contribution in [2.24, 2.45) is 0 Å². The molecule has 1 aromatic rings. The minimum Gasteiger partial charge on any atom is -0.497 e. The maximum Gasteiger partial charge on any atom is 0.200 e. The zero-order valence-corrected chi connectivity index (χ0v) is 10.1. The van der Waals surface area contributed by atoms with Crippen molar-refractivity contribution >= 4 is 36.0 Å². The Morgan fingerprint density at radius 3 is 2.62 bits per heavy atom. The highest BCUT2D eigenvalue weighted by molar-refractivity contribution is 7.14. The summed E-state index contributed by atoms with van der Waals surface area (Å²) >= 11 is 11.9. The molecule has 0 unspecified atom stereocenters. The van der Waals surface area contributed by atoms with Crippen LogP contribution in [-0.2, 0) is 5.88 Å². The fourth-order valence-electron chi connectivity index (χ4n) is 1.20. The van der Waals surface area contributed by atoms with Crippen LogP contribution in [0.2, 0.25) is 6.55 Å². The monoisotopic (exact) mass is 233 g/mol. The predicted molar refractivity (Wildman–Crippen MR) is 59.7 cm³/mol. The molecule has 1 nitrogen and oxygen atoms in total. The van der Waals surface area contributed by atoms with Crippen LogP contribution in [0.15, 0.2) is 18.2 Å². The summed E-state index contributed by atoms with van der Waals surface area (Å²) in [6, 6.07) is 5.92. The van der Waals surface area contributed by atoms with Gasteiger partial charge in [0, 0.05) is 5.56 Å². The number of benzene rings is 1. The van der Waals surface area contributed by atoms with E-state index in [1.165, 1.54) is 0 Å². The molecular formula is C9H11Cl2OSi. The number of hydrogen-bond donors (Lipinski definition) is 0. The molecule has 0 aliphatic rings. The molecule has 1 aromatic carbocycles. The van der Waals surface area contributed by atoms with Crippen LogP contribution in [0.1, 0.15) is 5.56 Å². The summed E-state index contributed by atoms with van der Waals surface area (Å²) in [7, 11) is 0.652. The molecule has 71 valence electrons. The number of alkyl halides is 1. The Morgan fingerprint density at radius 2 is 2.15 bits per heavy atom. The maximum atomic E-state index is 6.09. The van der Waals surface area contributed by atoms with Gasteiger partial charge >= 0.3 is 0 Å². The van der Waals surface area contributed by atoms with E-state index in [2.05, 4.69) is 0 Å². The summed E-state index contributed by atoms with van der Waals surface area (Å²) in [5.41, 5.74) is 1.01. The van der Waals surface area contributed by atoms with E-state index in [9.17, 15) is 0 Å². The van der Waals surface area contributed by atoms with Crippen LogP contribution < -0.4 is 9.92 Å². The topological polar surface area (TPSA) is 9.23 Å². The number of ether oxygens (including phenoxy) is 1. The van der Waals surface area contributed by atoms with Crippen molar-refractivity contribution in [3.8, 4) is 5.75 Å². The highest BCUT2D eigenvalue weighted by Gasteiger charge is 2.13. The molecule has 0 fully saturated rings. The van der Waals surface area contributed by atoms with Gasteiger partial charge in [-0.1, -0.05) is 24.7 Å². The lowest BCUT2D eigenvalue weighted by atomic mass is 10.2. The maximum absolute atomic E-state index is 6.09. The van der Waals surface area contributed by atoms with Crippen molar-refractivity contribution < 1.29 is 4.74 Å². The average Bonchev–Trinajstić information content (AvgIpc) is 2.16. The largest absolute Gasteiger partial charge is 0.497 e. The molecule has 0 aliphatic heterocycles. The van der Waals surface area contributed by atoms with E-state index in [1.807, 2.05) is 24.7 Å². The van der Waals surface area contributed by atoms with Crippen LogP contribution in [0.5, 0.6) is 5.75 Å². The molecular weight excluding hydrogens is 223 g/mol. The molecule has 0 saturated heterocycles. The van der Waals surface area contributed by atoms with Crippen LogP contribution in [0.25, 0.3) is 0 Å². The van der Waals surface area contributed by atoms with Gasteiger partial charge in [0.05, 0.1) is 13.0 Å². The first kappa shape index (κ1) is 10.9. The summed E-state index contributed by atoms with van der Waals surface area (Å²) in [4.78, 5) is 0. The van der Waals surface area contributed by atoms with Crippen LogP contribution in [0.3, 0.4) is 0 Å². The molecule has 0 atom stereocenters. The molecule has 13 heavy (non-hydrogen) atoms. The second-order valence-electron chi connectivity index (χ2n) is 2.67. The molecule has 1 rings (SSSR count). The number of halogens is 2. The third-order valence-electron chi connectivity index (χ3n) is 1.82. The normalized spacial score (nSPS) is 10.5. The van der Waals surface area contributed by atoms with Crippen molar-refractivity contribution in [2.45, 2.75) is 12.4 Å². The van der Waals surface area contributed by atoms with Gasteiger partial charge in [-0.25, -0.2) is 0 Å². The minimum absolute atomic E-state index is 0.461. The Bertz CT molecular complexity index is 289. The van der Waals surface area contributed by atoms with Crippen LogP contribution in [-0.4, -0.2) is 15.2 Å². The van der Waals surface area contributed by atoms with Gasteiger partial charge in [-0.15, -0.1) is 11.6 Å². The zero-order valence-electron chi connectivity index (χ0n) is 7.60. The van der Waals surface area contributed by atoms with Crippen LogP contribution in [0, 0.1) is 0 Å². The molecule has 0 bridgehead atoms. The zero-order chi connectivity index (χ0) is 9.84. The molecule has 0 amide bonds. The number of rotatable bonds is 3. The lowest BCUT2D eigenvalue weighted by molar-refractivity contribution is 0.414. The first-order valence-electron chi connectivity index (χ1n) is 3.92. The van der Waals surface area contributed by atoms with Gasteiger partial charge in [0.15, 0.2) is 0 Å². The summed E-state index contributed by atoms with van der Waals surface area (Å²) in [6.45, 7) is 2.02. The van der Waals surface area contributed by atoms with E-state index < -0.39 is 8.11 Å². The van der Waals surface area contributed by atoms with Gasteiger partial charge in [0.25, 0.3) is 0 Å². The summed E-state index contributed by atoms with van der Waals surface area (Å²) in [5, 5.41) is 1.09. The fraction of sp³-hybridized carbons (Fsp3) is 0.333. The average molecular weight is 234 g/mol. The Hall–Kier alpha value is -0.183. The fourth-order valence-corrected chi connectivity index (χ4v) is 2.76. The van der Waals surface area contributed by atoms with Gasteiger partial charge in [-0.3, -0.25) is 0 Å². The van der Waals surface area contributed by atoms with Crippen molar-refractivity contribution in [3.63, 3.8) is 0 Å². The van der Waals surface area contributed by atoms with Crippen LogP contribution >= 0.6 is 22.7 Å². The van der Waals surface area contributed by atoms with E-state index in [4.69, 9.17) is 27.4 Å². The highest BCUT2D eigenvalue weighted by Crippen LogP contribution is 2.18. The first-order chi connectivity index (χ1) is 6.20. The van der Waals surface area contributed by atoms with Gasteiger partial charge < -0.3 is 4.74 Å². The lowest BCUT2D eigenvalue weighted by Crippen LogP contribution is -2.23. The quantitative estimate of drug-likeness (QED) is 0.443. The van der Waals surface area contributed by atoms with Gasteiger partial charge in [0.1, 0.15) is 5.75 Å². The van der Waals surface area contributed by atoms with Gasteiger partial charge in [-0.2, -0.15) is 11.1 Å². The first-order valence-corrected chi connectivity index (χ1v) is 7.46. The third-order valence-corrected chi connectivity index (χ3v) is 3.85. The Morgan fingerprint density at radius 1 is 1.46 bits per heavy atom. The number of methoxy groups -OCH3 is 1. The third kappa shape index (κ3) is 2.39. The van der Waals surface area contributed by atoms with Gasteiger partial charge in [0.2, 0.25) is 8.11 Å². The predicted octanol–water partition coefficient (Wildman–Crippen LogP) is 2.50. The molecule has 4 heteroatoms. The smallest absolute Gasteiger partial charge is 0.200 e. The molecule has 0 N–H and O–H groups in total. The number of para-hydroxylation sites is 1. The van der Waals surface area contributed by atoms with Crippen molar-refractivity contribution in [1.82, 2.24) is 0 Å². The van der Waals surface area contributed by atoms with Gasteiger partial charge in [-0.05, 0) is 5.19 Å². The second kappa shape index (κ2) is 4.89. The van der Waals surface area contributed by atoms with E-state index >= 15 is 0 Å². The Labute approximate surface area is 89.9 Å². The van der Waals surface area contributed by atoms with Crippen molar-refractivity contribution in [3.05, 3.63) is 23.8 Å². The summed E-state index contributed by atoms with van der Waals surface area (Å²) in [6.07, 6.45) is 0. The van der Waals surface area contributed by atoms with Crippen molar-refractivity contribution in [1.29, 1.82) is 0 Å². The van der Waals surface area contributed by atoms with E-state index in [0.29, 0.717) is 5.88 Å². The van der Waals surface area contributed by atoms with E-state index in [1.54, 1.807) is 7.11 Å². The standard InChI is InChI=1S/C9H11Cl2OSi/c1-12-9-7(6-10)4-3-5-8(9)13(2)11/h3-5H,6H2,1-2H3. The molecule has 0 heterocycles. The molecule has 0 spiro atoms. The molecule has 0 aliphatic carbocycles. The SMILES string of the molecule is COc1c(CCl)cccc1[Si](C)Cl. The summed E-state index contributed by atoms with van der Waals surface area (Å²) < 4.78 is 5.29. The highest BCUT2D eigenvalue weighted by atomic mass is 35.6. The van der Waals surface area contributed by atoms with E-state index in [0.717, 1.165) is 16.5 Å². The lowest BCUT2D eigenvalue weighted by Gasteiger charge is -2.12. The van der Waals surface area contributed by atoms with Crippen LogP contribution in [0.4, 0.5) is 0 Å². The molecule has 1 radical (unpaired) electrons. The summed E-state index contributed by atoms with van der Waals surface area (Å²) in [5.74, 6) is 1.31. The van der Waals surface area contributed by atoms with Crippen molar-refractivity contribution in [2.75, 3.05) is 7.11 Å². The van der Waals surface area contributed by atoms with E-state index in [-0.39, 0.29) is 0 Å². The Balaban J connectivity index is 3.19. The molecule has 0 aromatic heterocycles. The minimum atomic E-state index is -0.997. The second-order valence-corrected chi connectivity index (χ2v) is 6.24. The number of hydrogen-bond acceptors (Lipinski definition) is 1. The molecule has 0 saturated carbocycles. The Kier molecular flexibility index (Phi) is 4.10.